The first-order valence-corrected chi connectivity index (χ1v) is 8.36. The van der Waals surface area contributed by atoms with E-state index in [1.54, 1.807) is 6.07 Å². The van der Waals surface area contributed by atoms with Crippen molar-refractivity contribution in [3.05, 3.63) is 59.4 Å². The summed E-state index contributed by atoms with van der Waals surface area (Å²) in [5.74, 6) is -0.983. The van der Waals surface area contributed by atoms with Gasteiger partial charge in [0.05, 0.1) is 5.69 Å². The number of aromatic carboxylic acids is 1. The fourth-order valence-electron chi connectivity index (χ4n) is 3.11. The predicted octanol–water partition coefficient (Wildman–Crippen LogP) is 2.85. The zero-order valence-corrected chi connectivity index (χ0v) is 13.9. The number of nitrogens with zero attached hydrogens (tertiary/aromatic N) is 2. The van der Waals surface area contributed by atoms with E-state index in [-0.39, 0.29) is 5.69 Å². The van der Waals surface area contributed by atoms with Gasteiger partial charge in [-0.25, -0.2) is 9.78 Å². The maximum absolute atomic E-state index is 11.0. The Morgan fingerprint density at radius 1 is 1.25 bits per heavy atom. The Morgan fingerprint density at radius 2 is 2.00 bits per heavy atom. The highest BCUT2D eigenvalue weighted by Gasteiger charge is 2.19. The van der Waals surface area contributed by atoms with Gasteiger partial charge < -0.3 is 15.3 Å². The highest BCUT2D eigenvalue weighted by Crippen LogP contribution is 2.21. The number of hydrogen-bond acceptors (Lipinski definition) is 4. The fraction of sp³-hybridized carbons (Fsp3) is 0.368. The second-order valence-electron chi connectivity index (χ2n) is 6.30. The lowest BCUT2D eigenvalue weighted by Gasteiger charge is -2.34. The average molecular weight is 325 g/mol. The van der Waals surface area contributed by atoms with E-state index >= 15 is 0 Å². The van der Waals surface area contributed by atoms with Crippen LogP contribution in [0.1, 0.15) is 34.6 Å². The van der Waals surface area contributed by atoms with Crippen LogP contribution in [-0.4, -0.2) is 35.2 Å². The molecular weight excluding hydrogens is 302 g/mol. The first kappa shape index (κ1) is 16.5. The van der Waals surface area contributed by atoms with Gasteiger partial charge in [0.2, 0.25) is 0 Å². The quantitative estimate of drug-likeness (QED) is 0.885. The lowest BCUT2D eigenvalue weighted by molar-refractivity contribution is 0.0690. The molecule has 2 heterocycles. The molecule has 1 aliphatic heterocycles. The van der Waals surface area contributed by atoms with Crippen LogP contribution in [0.4, 0.5) is 5.69 Å². The van der Waals surface area contributed by atoms with Crippen molar-refractivity contribution in [3.8, 4) is 0 Å². The first-order valence-electron chi connectivity index (χ1n) is 8.36. The molecule has 0 aliphatic carbocycles. The smallest absolute Gasteiger partial charge is 0.354 e. The third-order valence-corrected chi connectivity index (χ3v) is 4.46. The number of hydrogen-bond donors (Lipinski definition) is 2. The monoisotopic (exact) mass is 325 g/mol. The standard InChI is InChI=1S/C19H23N3O2/c1-14-4-2-6-17(12-14)22-10-8-15(9-11-22)20-13-16-5-3-7-18(21-16)19(23)24/h2-7,12,15,20H,8-11,13H2,1H3,(H,23,24). The second-order valence-corrected chi connectivity index (χ2v) is 6.30. The van der Waals surface area contributed by atoms with Gasteiger partial charge in [-0.15, -0.1) is 0 Å². The molecule has 0 radical (unpaired) electrons. The molecule has 0 atom stereocenters. The Kier molecular flexibility index (Phi) is 5.11. The minimum Gasteiger partial charge on any atom is -0.477 e. The molecule has 24 heavy (non-hydrogen) atoms. The zero-order valence-electron chi connectivity index (χ0n) is 13.9. The molecule has 0 unspecified atom stereocenters. The molecule has 0 bridgehead atoms. The number of nitrogens with one attached hydrogen (secondary N) is 1. The van der Waals surface area contributed by atoms with Crippen molar-refractivity contribution in [2.75, 3.05) is 18.0 Å². The number of pyridine rings is 1. The molecule has 5 heteroatoms. The lowest BCUT2D eigenvalue weighted by Crippen LogP contribution is -2.42. The fourth-order valence-corrected chi connectivity index (χ4v) is 3.11. The van der Waals surface area contributed by atoms with Gasteiger partial charge in [0.25, 0.3) is 0 Å². The van der Waals surface area contributed by atoms with Crippen LogP contribution in [0.15, 0.2) is 42.5 Å². The third-order valence-electron chi connectivity index (χ3n) is 4.46. The molecule has 5 nitrogen and oxygen atoms in total. The van der Waals surface area contributed by atoms with Crippen molar-refractivity contribution in [1.29, 1.82) is 0 Å². The number of rotatable bonds is 5. The Labute approximate surface area is 142 Å². The largest absolute Gasteiger partial charge is 0.477 e. The Morgan fingerprint density at radius 3 is 2.71 bits per heavy atom. The van der Waals surface area contributed by atoms with Gasteiger partial charge in [0.15, 0.2) is 0 Å². The van der Waals surface area contributed by atoms with Crippen LogP contribution >= 0.6 is 0 Å². The summed E-state index contributed by atoms with van der Waals surface area (Å²) in [7, 11) is 0. The van der Waals surface area contributed by atoms with Crippen LogP contribution in [0.5, 0.6) is 0 Å². The topological polar surface area (TPSA) is 65.5 Å². The van der Waals surface area contributed by atoms with Crippen LogP contribution < -0.4 is 10.2 Å². The molecule has 0 saturated carbocycles. The zero-order chi connectivity index (χ0) is 16.9. The van der Waals surface area contributed by atoms with Crippen LogP contribution in [0.2, 0.25) is 0 Å². The lowest BCUT2D eigenvalue weighted by atomic mass is 10.0. The normalized spacial score (nSPS) is 15.5. The van der Waals surface area contributed by atoms with E-state index in [0.29, 0.717) is 12.6 Å². The third kappa shape index (κ3) is 4.11. The maximum atomic E-state index is 11.0. The molecular formula is C19H23N3O2. The van der Waals surface area contributed by atoms with Crippen molar-refractivity contribution < 1.29 is 9.90 Å². The van der Waals surface area contributed by atoms with Gasteiger partial charge in [0.1, 0.15) is 5.69 Å². The van der Waals surface area contributed by atoms with E-state index < -0.39 is 5.97 Å². The summed E-state index contributed by atoms with van der Waals surface area (Å²) in [6.45, 7) is 4.79. The van der Waals surface area contributed by atoms with Crippen molar-refractivity contribution >= 4 is 11.7 Å². The molecule has 126 valence electrons. The first-order chi connectivity index (χ1) is 11.6. The molecule has 0 spiro atoms. The molecule has 1 aromatic heterocycles. The molecule has 1 fully saturated rings. The number of aryl methyl sites for hydroxylation is 1. The van der Waals surface area contributed by atoms with Gasteiger partial charge in [-0.1, -0.05) is 18.2 Å². The van der Waals surface area contributed by atoms with E-state index in [0.717, 1.165) is 31.6 Å². The van der Waals surface area contributed by atoms with E-state index in [2.05, 4.69) is 46.4 Å². The van der Waals surface area contributed by atoms with Crippen molar-refractivity contribution in [3.63, 3.8) is 0 Å². The number of carbonyl (C=O) groups is 1. The van der Waals surface area contributed by atoms with Gasteiger partial charge >= 0.3 is 5.97 Å². The summed E-state index contributed by atoms with van der Waals surface area (Å²) in [5, 5.41) is 12.5. The van der Waals surface area contributed by atoms with Crippen molar-refractivity contribution in [2.24, 2.45) is 0 Å². The predicted molar refractivity (Wildman–Crippen MR) is 94.5 cm³/mol. The molecule has 0 amide bonds. The van der Waals surface area contributed by atoms with Crippen LogP contribution in [-0.2, 0) is 6.54 Å². The van der Waals surface area contributed by atoms with E-state index in [9.17, 15) is 4.79 Å². The Hall–Kier alpha value is -2.40. The summed E-state index contributed by atoms with van der Waals surface area (Å²) >= 11 is 0. The van der Waals surface area contributed by atoms with Gasteiger partial charge in [-0.3, -0.25) is 0 Å². The SMILES string of the molecule is Cc1cccc(N2CCC(NCc3cccc(C(=O)O)n3)CC2)c1. The minimum atomic E-state index is -0.983. The van der Waals surface area contributed by atoms with E-state index in [1.165, 1.54) is 17.3 Å². The molecule has 1 aromatic carbocycles. The number of aromatic nitrogens is 1. The highest BCUT2D eigenvalue weighted by molar-refractivity contribution is 5.85. The average Bonchev–Trinajstić information content (AvgIpc) is 2.61. The number of anilines is 1. The number of piperidine rings is 1. The number of benzene rings is 1. The molecule has 2 N–H and O–H groups in total. The summed E-state index contributed by atoms with van der Waals surface area (Å²) in [4.78, 5) is 17.5. The van der Waals surface area contributed by atoms with E-state index in [1.807, 2.05) is 6.07 Å². The molecule has 3 rings (SSSR count). The second kappa shape index (κ2) is 7.45. The summed E-state index contributed by atoms with van der Waals surface area (Å²) in [6.07, 6.45) is 2.15. The summed E-state index contributed by atoms with van der Waals surface area (Å²) in [6, 6.07) is 14.2. The number of carboxylic acid groups (broad SMARTS) is 1. The molecule has 1 aliphatic rings. The minimum absolute atomic E-state index is 0.101. The molecule has 2 aromatic rings. The van der Waals surface area contributed by atoms with Crippen molar-refractivity contribution in [1.82, 2.24) is 10.3 Å². The highest BCUT2D eigenvalue weighted by atomic mass is 16.4. The van der Waals surface area contributed by atoms with Crippen LogP contribution in [0.25, 0.3) is 0 Å². The van der Waals surface area contributed by atoms with Gasteiger partial charge in [-0.05, 0) is 49.6 Å². The number of carboxylic acids is 1. The molecule has 1 saturated heterocycles. The Bertz CT molecular complexity index is 709. The van der Waals surface area contributed by atoms with Gasteiger partial charge in [0, 0.05) is 31.4 Å². The summed E-state index contributed by atoms with van der Waals surface area (Å²) < 4.78 is 0. The Balaban J connectivity index is 1.51. The maximum Gasteiger partial charge on any atom is 0.354 e. The van der Waals surface area contributed by atoms with Crippen molar-refractivity contribution in [2.45, 2.75) is 32.4 Å². The van der Waals surface area contributed by atoms with Crippen LogP contribution in [0, 0.1) is 6.92 Å². The van der Waals surface area contributed by atoms with Crippen LogP contribution in [0.3, 0.4) is 0 Å². The van der Waals surface area contributed by atoms with Gasteiger partial charge in [-0.2, -0.15) is 0 Å². The summed E-state index contributed by atoms with van der Waals surface area (Å²) in [5.41, 5.74) is 3.46. The van der Waals surface area contributed by atoms with E-state index in [4.69, 9.17) is 5.11 Å².